The van der Waals surface area contributed by atoms with Crippen LogP contribution in [0.1, 0.15) is 21.9 Å². The standard InChI is InChI=1S/C12H14N6O/c1-8-4-15-10(6-14-8)7-17-12(19)11-3-2-9(18-13)5-16-11/h2-6,18H,7,13H2,1H3,(H,17,19). The highest BCUT2D eigenvalue weighted by Gasteiger charge is 2.07. The molecule has 2 heterocycles. The number of hydrogen-bond donors (Lipinski definition) is 3. The summed E-state index contributed by atoms with van der Waals surface area (Å²) in [6, 6.07) is 3.26. The summed E-state index contributed by atoms with van der Waals surface area (Å²) in [6.07, 6.45) is 4.77. The Hall–Kier alpha value is -2.54. The van der Waals surface area contributed by atoms with E-state index in [0.717, 1.165) is 5.69 Å². The number of nitrogen functional groups attached to an aromatic ring is 1. The van der Waals surface area contributed by atoms with Gasteiger partial charge in [0.25, 0.3) is 5.91 Å². The average Bonchev–Trinajstić information content (AvgIpc) is 2.46. The lowest BCUT2D eigenvalue weighted by molar-refractivity contribution is 0.0945. The first-order valence-corrected chi connectivity index (χ1v) is 5.67. The van der Waals surface area contributed by atoms with Crippen molar-refractivity contribution in [1.82, 2.24) is 20.3 Å². The fourth-order valence-electron chi connectivity index (χ4n) is 1.39. The van der Waals surface area contributed by atoms with Crippen molar-refractivity contribution < 1.29 is 4.79 Å². The molecule has 0 saturated carbocycles. The molecule has 98 valence electrons. The zero-order chi connectivity index (χ0) is 13.7. The van der Waals surface area contributed by atoms with E-state index in [4.69, 9.17) is 5.84 Å². The second-order valence-electron chi connectivity index (χ2n) is 3.91. The molecule has 0 aliphatic carbocycles. The lowest BCUT2D eigenvalue weighted by Gasteiger charge is -2.05. The molecule has 0 atom stereocenters. The Balaban J connectivity index is 1.95. The van der Waals surface area contributed by atoms with E-state index in [2.05, 4.69) is 25.7 Å². The van der Waals surface area contributed by atoms with E-state index >= 15 is 0 Å². The zero-order valence-electron chi connectivity index (χ0n) is 10.4. The molecule has 0 bridgehead atoms. The van der Waals surface area contributed by atoms with E-state index in [1.54, 1.807) is 24.5 Å². The number of aromatic nitrogens is 3. The van der Waals surface area contributed by atoms with Gasteiger partial charge in [0.05, 0.1) is 36.0 Å². The Kier molecular flexibility index (Phi) is 3.99. The topological polar surface area (TPSA) is 106 Å². The van der Waals surface area contributed by atoms with Gasteiger partial charge in [-0.05, 0) is 19.1 Å². The van der Waals surface area contributed by atoms with Gasteiger partial charge < -0.3 is 10.7 Å². The molecule has 2 rings (SSSR count). The second-order valence-corrected chi connectivity index (χ2v) is 3.91. The smallest absolute Gasteiger partial charge is 0.270 e. The van der Waals surface area contributed by atoms with Gasteiger partial charge in [-0.1, -0.05) is 0 Å². The van der Waals surface area contributed by atoms with Gasteiger partial charge in [-0.2, -0.15) is 0 Å². The molecule has 7 nitrogen and oxygen atoms in total. The van der Waals surface area contributed by atoms with Crippen LogP contribution in [0.3, 0.4) is 0 Å². The maximum atomic E-state index is 11.8. The molecule has 1 amide bonds. The molecular weight excluding hydrogens is 244 g/mol. The van der Waals surface area contributed by atoms with Crippen molar-refractivity contribution in [2.45, 2.75) is 13.5 Å². The number of anilines is 1. The van der Waals surface area contributed by atoms with Crippen molar-refractivity contribution in [3.8, 4) is 0 Å². The normalized spacial score (nSPS) is 10.0. The van der Waals surface area contributed by atoms with Crippen molar-refractivity contribution in [2.24, 2.45) is 5.84 Å². The molecule has 0 aliphatic heterocycles. The molecule has 2 aromatic rings. The summed E-state index contributed by atoms with van der Waals surface area (Å²) in [7, 11) is 0. The van der Waals surface area contributed by atoms with Crippen molar-refractivity contribution >= 4 is 11.6 Å². The van der Waals surface area contributed by atoms with Gasteiger partial charge >= 0.3 is 0 Å². The number of nitrogens with zero attached hydrogens (tertiary/aromatic N) is 3. The van der Waals surface area contributed by atoms with E-state index in [9.17, 15) is 4.79 Å². The van der Waals surface area contributed by atoms with Gasteiger partial charge in [-0.25, -0.2) is 4.98 Å². The summed E-state index contributed by atoms with van der Waals surface area (Å²) in [4.78, 5) is 24.0. The number of carbonyl (C=O) groups excluding carboxylic acids is 1. The first-order chi connectivity index (χ1) is 9.19. The van der Waals surface area contributed by atoms with Gasteiger partial charge in [-0.15, -0.1) is 0 Å². The minimum atomic E-state index is -0.272. The third-order valence-corrected chi connectivity index (χ3v) is 2.43. The summed E-state index contributed by atoms with van der Waals surface area (Å²) in [5.41, 5.74) is 4.93. The highest BCUT2D eigenvalue weighted by molar-refractivity contribution is 5.92. The van der Waals surface area contributed by atoms with Gasteiger partial charge in [-0.3, -0.25) is 20.6 Å². The van der Waals surface area contributed by atoms with Crippen molar-refractivity contribution in [2.75, 3.05) is 5.43 Å². The molecule has 7 heteroatoms. The van der Waals surface area contributed by atoms with Crippen LogP contribution in [-0.2, 0) is 6.54 Å². The van der Waals surface area contributed by atoms with E-state index in [0.29, 0.717) is 23.6 Å². The molecule has 4 N–H and O–H groups in total. The van der Waals surface area contributed by atoms with Crippen LogP contribution in [0.25, 0.3) is 0 Å². The zero-order valence-corrected chi connectivity index (χ0v) is 10.4. The summed E-state index contributed by atoms with van der Waals surface area (Å²) < 4.78 is 0. The number of amides is 1. The molecule has 0 fully saturated rings. The van der Waals surface area contributed by atoms with Crippen LogP contribution < -0.4 is 16.6 Å². The number of nitrogens with two attached hydrogens (primary N) is 1. The quantitative estimate of drug-likeness (QED) is 0.541. The van der Waals surface area contributed by atoms with Crippen LogP contribution in [0.2, 0.25) is 0 Å². The molecule has 19 heavy (non-hydrogen) atoms. The van der Waals surface area contributed by atoms with Crippen molar-refractivity contribution in [3.63, 3.8) is 0 Å². The highest BCUT2D eigenvalue weighted by atomic mass is 16.1. The maximum absolute atomic E-state index is 11.8. The first kappa shape index (κ1) is 12.9. The average molecular weight is 258 g/mol. The first-order valence-electron chi connectivity index (χ1n) is 5.67. The maximum Gasteiger partial charge on any atom is 0.270 e. The Labute approximate surface area is 110 Å². The van der Waals surface area contributed by atoms with Crippen molar-refractivity contribution in [1.29, 1.82) is 0 Å². The van der Waals surface area contributed by atoms with Crippen LogP contribution in [0.5, 0.6) is 0 Å². The van der Waals surface area contributed by atoms with Crippen molar-refractivity contribution in [3.05, 3.63) is 47.8 Å². The molecule has 0 unspecified atom stereocenters. The predicted octanol–water partition coefficient (Wildman–Crippen LogP) is 0.396. The van der Waals surface area contributed by atoms with Crippen LogP contribution in [0, 0.1) is 6.92 Å². The van der Waals surface area contributed by atoms with E-state index in [-0.39, 0.29) is 5.91 Å². The molecular formula is C12H14N6O. The Morgan fingerprint density at radius 1 is 1.21 bits per heavy atom. The predicted molar refractivity (Wildman–Crippen MR) is 70.0 cm³/mol. The molecule has 0 saturated heterocycles. The number of carbonyl (C=O) groups is 1. The van der Waals surface area contributed by atoms with Crippen LogP contribution in [0.4, 0.5) is 5.69 Å². The molecule has 0 radical (unpaired) electrons. The highest BCUT2D eigenvalue weighted by Crippen LogP contribution is 2.04. The van der Waals surface area contributed by atoms with Gasteiger partial charge in [0.15, 0.2) is 0 Å². The number of aryl methyl sites for hydroxylation is 1. The van der Waals surface area contributed by atoms with Gasteiger partial charge in [0, 0.05) is 6.20 Å². The summed E-state index contributed by atoms with van der Waals surface area (Å²) >= 11 is 0. The van der Waals surface area contributed by atoms with E-state index < -0.39 is 0 Å². The number of nitrogens with one attached hydrogen (secondary N) is 2. The van der Waals surface area contributed by atoms with Crippen LogP contribution >= 0.6 is 0 Å². The molecule has 0 spiro atoms. The molecule has 2 aromatic heterocycles. The third kappa shape index (κ3) is 3.46. The number of rotatable bonds is 4. The van der Waals surface area contributed by atoms with Crippen LogP contribution in [-0.4, -0.2) is 20.9 Å². The second kappa shape index (κ2) is 5.87. The van der Waals surface area contributed by atoms with Crippen LogP contribution in [0.15, 0.2) is 30.7 Å². The van der Waals surface area contributed by atoms with E-state index in [1.807, 2.05) is 6.92 Å². The largest absolute Gasteiger partial charge is 0.345 e. The molecule has 0 aromatic carbocycles. The minimum Gasteiger partial charge on any atom is -0.345 e. The Morgan fingerprint density at radius 3 is 2.63 bits per heavy atom. The third-order valence-electron chi connectivity index (χ3n) is 2.43. The van der Waals surface area contributed by atoms with E-state index in [1.165, 1.54) is 6.20 Å². The Morgan fingerprint density at radius 2 is 2.05 bits per heavy atom. The monoisotopic (exact) mass is 258 g/mol. The SMILES string of the molecule is Cc1cnc(CNC(=O)c2ccc(NN)cn2)cn1. The minimum absolute atomic E-state index is 0.272. The lowest BCUT2D eigenvalue weighted by atomic mass is 10.3. The number of pyridine rings is 1. The summed E-state index contributed by atoms with van der Waals surface area (Å²) in [5.74, 6) is 4.94. The number of hydrogen-bond acceptors (Lipinski definition) is 6. The Bertz CT molecular complexity index is 551. The summed E-state index contributed by atoms with van der Waals surface area (Å²) in [6.45, 7) is 2.16. The fraction of sp³-hybridized carbons (Fsp3) is 0.167. The fourth-order valence-corrected chi connectivity index (χ4v) is 1.39. The lowest BCUT2D eigenvalue weighted by Crippen LogP contribution is -2.24. The summed E-state index contributed by atoms with van der Waals surface area (Å²) in [5, 5.41) is 2.72. The van der Waals surface area contributed by atoms with Gasteiger partial charge in [0.1, 0.15) is 5.69 Å². The van der Waals surface area contributed by atoms with Gasteiger partial charge in [0.2, 0.25) is 0 Å². The number of hydrazine groups is 1. The molecule has 0 aliphatic rings.